The lowest BCUT2D eigenvalue weighted by molar-refractivity contribution is -0.121. The van der Waals surface area contributed by atoms with Crippen LogP contribution in [-0.2, 0) is 9.53 Å². The summed E-state index contributed by atoms with van der Waals surface area (Å²) in [5.74, 6) is -0.142. The van der Waals surface area contributed by atoms with E-state index < -0.39 is 0 Å². The number of ether oxygens (including phenoxy) is 1. The number of hydrogen-bond donors (Lipinski definition) is 2. The molecule has 0 aromatic heterocycles. The molecule has 1 saturated heterocycles. The highest BCUT2D eigenvalue weighted by molar-refractivity contribution is 9.10. The molecule has 0 bridgehead atoms. The molecule has 3 N–H and O–H groups in total. The van der Waals surface area contributed by atoms with Crippen LogP contribution in [0, 0.1) is 5.92 Å². The van der Waals surface area contributed by atoms with E-state index in [1.165, 1.54) is 0 Å². The Morgan fingerprint density at radius 3 is 3.00 bits per heavy atom. The summed E-state index contributed by atoms with van der Waals surface area (Å²) in [7, 11) is 0. The fraction of sp³-hybridized carbons (Fsp3) is 0.429. The molecule has 0 saturated carbocycles. The topological polar surface area (TPSA) is 64.3 Å². The minimum Gasteiger partial charge on any atom is -0.389 e. The summed E-state index contributed by atoms with van der Waals surface area (Å²) in [5.41, 5.74) is 7.01. The van der Waals surface area contributed by atoms with Gasteiger partial charge in [-0.05, 0) is 31.0 Å². The molecule has 20 heavy (non-hydrogen) atoms. The van der Waals surface area contributed by atoms with E-state index in [1.54, 1.807) is 12.1 Å². The van der Waals surface area contributed by atoms with Gasteiger partial charge in [0, 0.05) is 16.6 Å². The highest BCUT2D eigenvalue weighted by Gasteiger charge is 2.33. The zero-order chi connectivity index (χ0) is 14.7. The Morgan fingerprint density at radius 2 is 2.35 bits per heavy atom. The average molecular weight is 357 g/mol. The van der Waals surface area contributed by atoms with Crippen molar-refractivity contribution in [3.05, 3.63) is 28.2 Å². The summed E-state index contributed by atoms with van der Waals surface area (Å²) in [5, 5.41) is 2.92. The molecule has 108 valence electrons. The average Bonchev–Trinajstić information content (AvgIpc) is 2.89. The smallest absolute Gasteiger partial charge is 0.230 e. The normalized spacial score (nSPS) is 21.7. The number of amides is 1. The van der Waals surface area contributed by atoms with E-state index in [-0.39, 0.29) is 22.9 Å². The standard InChI is InChI=1S/C14H17BrN2O2S/c1-2-12-9(5-6-19-12)14(18)17-11-4-3-8(15)7-10(11)13(16)20/h3-4,7,9,12H,2,5-6H2,1H3,(H2,16,20)(H,17,18). The second-order valence-corrected chi connectivity index (χ2v) is 6.11. The maximum Gasteiger partial charge on any atom is 0.230 e. The van der Waals surface area contributed by atoms with Gasteiger partial charge in [-0.3, -0.25) is 4.79 Å². The molecule has 4 nitrogen and oxygen atoms in total. The van der Waals surface area contributed by atoms with Crippen molar-refractivity contribution in [1.82, 2.24) is 0 Å². The van der Waals surface area contributed by atoms with Gasteiger partial charge < -0.3 is 15.8 Å². The van der Waals surface area contributed by atoms with Crippen LogP contribution in [0.15, 0.2) is 22.7 Å². The number of thiocarbonyl (C=S) groups is 1. The number of hydrogen-bond acceptors (Lipinski definition) is 3. The molecule has 0 spiro atoms. The minimum atomic E-state index is -0.108. The summed E-state index contributed by atoms with van der Waals surface area (Å²) >= 11 is 8.39. The Hall–Kier alpha value is -0.980. The van der Waals surface area contributed by atoms with Crippen molar-refractivity contribution in [3.63, 3.8) is 0 Å². The first-order valence-electron chi connectivity index (χ1n) is 6.54. The van der Waals surface area contributed by atoms with Gasteiger partial charge in [-0.25, -0.2) is 0 Å². The molecule has 1 fully saturated rings. The second-order valence-electron chi connectivity index (χ2n) is 4.76. The number of carbonyl (C=O) groups is 1. The first-order chi connectivity index (χ1) is 9.52. The Morgan fingerprint density at radius 1 is 1.60 bits per heavy atom. The molecule has 1 aliphatic heterocycles. The Bertz CT molecular complexity index is 536. The van der Waals surface area contributed by atoms with Crippen LogP contribution in [-0.4, -0.2) is 23.6 Å². The lowest BCUT2D eigenvalue weighted by Gasteiger charge is -2.18. The van der Waals surface area contributed by atoms with Crippen molar-refractivity contribution in [3.8, 4) is 0 Å². The zero-order valence-corrected chi connectivity index (χ0v) is 13.6. The van der Waals surface area contributed by atoms with Crippen LogP contribution in [0.25, 0.3) is 0 Å². The Balaban J connectivity index is 2.17. The number of rotatable bonds is 4. The summed E-state index contributed by atoms with van der Waals surface area (Å²) in [6.45, 7) is 2.66. The van der Waals surface area contributed by atoms with Crippen LogP contribution >= 0.6 is 28.1 Å². The predicted octanol–water partition coefficient (Wildman–Crippen LogP) is 2.84. The molecule has 2 unspecified atom stereocenters. The largest absolute Gasteiger partial charge is 0.389 e. The number of anilines is 1. The number of nitrogens with two attached hydrogens (primary N) is 1. The summed E-state index contributed by atoms with van der Waals surface area (Å²) in [6.07, 6.45) is 1.59. The van der Waals surface area contributed by atoms with Crippen LogP contribution in [0.5, 0.6) is 0 Å². The van der Waals surface area contributed by atoms with Crippen molar-refractivity contribution >= 4 is 44.7 Å². The van der Waals surface area contributed by atoms with Gasteiger partial charge >= 0.3 is 0 Å². The Kier molecular flexibility index (Phi) is 5.12. The third-order valence-corrected chi connectivity index (χ3v) is 4.17. The van der Waals surface area contributed by atoms with Gasteiger partial charge in [0.15, 0.2) is 0 Å². The molecule has 1 heterocycles. The third kappa shape index (κ3) is 3.37. The van der Waals surface area contributed by atoms with Gasteiger partial charge in [0.1, 0.15) is 4.99 Å². The van der Waals surface area contributed by atoms with Gasteiger partial charge in [-0.1, -0.05) is 35.1 Å². The number of carbonyl (C=O) groups excluding carboxylic acids is 1. The van der Waals surface area contributed by atoms with E-state index in [0.29, 0.717) is 17.9 Å². The fourth-order valence-corrected chi connectivity index (χ4v) is 2.94. The van der Waals surface area contributed by atoms with E-state index in [4.69, 9.17) is 22.7 Å². The zero-order valence-electron chi connectivity index (χ0n) is 11.2. The summed E-state index contributed by atoms with van der Waals surface area (Å²) < 4.78 is 6.42. The molecule has 0 aliphatic carbocycles. The molecule has 2 rings (SSSR count). The molecule has 1 amide bonds. The lowest BCUT2D eigenvalue weighted by Crippen LogP contribution is -2.30. The molecule has 2 atom stereocenters. The van der Waals surface area contributed by atoms with Crippen LogP contribution in [0.3, 0.4) is 0 Å². The van der Waals surface area contributed by atoms with Crippen LogP contribution in [0.4, 0.5) is 5.69 Å². The SMILES string of the molecule is CCC1OCCC1C(=O)Nc1ccc(Br)cc1C(N)=S. The maximum absolute atomic E-state index is 12.4. The minimum absolute atomic E-state index is 0.00118. The molecule has 1 aromatic carbocycles. The van der Waals surface area contributed by atoms with Crippen molar-refractivity contribution in [2.75, 3.05) is 11.9 Å². The van der Waals surface area contributed by atoms with Crippen molar-refractivity contribution in [1.29, 1.82) is 0 Å². The van der Waals surface area contributed by atoms with E-state index in [9.17, 15) is 4.79 Å². The highest BCUT2D eigenvalue weighted by atomic mass is 79.9. The fourth-order valence-electron chi connectivity index (χ4n) is 2.41. The van der Waals surface area contributed by atoms with E-state index in [1.807, 2.05) is 13.0 Å². The van der Waals surface area contributed by atoms with Gasteiger partial charge in [0.25, 0.3) is 0 Å². The lowest BCUT2D eigenvalue weighted by atomic mass is 9.98. The first-order valence-corrected chi connectivity index (χ1v) is 7.75. The molecule has 6 heteroatoms. The number of benzene rings is 1. The first kappa shape index (κ1) is 15.4. The molecule has 1 aromatic rings. The number of nitrogens with one attached hydrogen (secondary N) is 1. The predicted molar refractivity (Wildman–Crippen MR) is 86.8 cm³/mol. The summed E-state index contributed by atoms with van der Waals surface area (Å²) in [6, 6.07) is 5.45. The van der Waals surface area contributed by atoms with Gasteiger partial charge in [-0.2, -0.15) is 0 Å². The van der Waals surface area contributed by atoms with E-state index >= 15 is 0 Å². The summed E-state index contributed by atoms with van der Waals surface area (Å²) in [4.78, 5) is 12.6. The van der Waals surface area contributed by atoms with E-state index in [0.717, 1.165) is 17.3 Å². The van der Waals surface area contributed by atoms with Crippen molar-refractivity contribution in [2.45, 2.75) is 25.9 Å². The van der Waals surface area contributed by atoms with Crippen molar-refractivity contribution in [2.24, 2.45) is 11.7 Å². The Labute approximate surface area is 132 Å². The maximum atomic E-state index is 12.4. The van der Waals surface area contributed by atoms with Crippen molar-refractivity contribution < 1.29 is 9.53 Å². The van der Waals surface area contributed by atoms with Gasteiger partial charge in [0.05, 0.1) is 17.7 Å². The van der Waals surface area contributed by atoms with Crippen LogP contribution < -0.4 is 11.1 Å². The monoisotopic (exact) mass is 356 g/mol. The quantitative estimate of drug-likeness (QED) is 0.814. The van der Waals surface area contributed by atoms with E-state index in [2.05, 4.69) is 21.2 Å². The molecular formula is C14H17BrN2O2S. The van der Waals surface area contributed by atoms with Gasteiger partial charge in [0.2, 0.25) is 5.91 Å². The highest BCUT2D eigenvalue weighted by Crippen LogP contribution is 2.27. The molecular weight excluding hydrogens is 340 g/mol. The van der Waals surface area contributed by atoms with Crippen LogP contribution in [0.2, 0.25) is 0 Å². The number of halogens is 1. The second kappa shape index (κ2) is 6.65. The molecule has 1 aliphatic rings. The van der Waals surface area contributed by atoms with Crippen LogP contribution in [0.1, 0.15) is 25.3 Å². The third-order valence-electron chi connectivity index (χ3n) is 3.45. The molecule has 0 radical (unpaired) electrons. The van der Waals surface area contributed by atoms with Gasteiger partial charge in [-0.15, -0.1) is 0 Å².